The molecule has 1 fully saturated rings. The van der Waals surface area contributed by atoms with Gasteiger partial charge in [0.15, 0.2) is 0 Å². The molecule has 0 spiro atoms. The second-order valence-electron chi connectivity index (χ2n) is 5.83. The topological polar surface area (TPSA) is 41.1 Å². The summed E-state index contributed by atoms with van der Waals surface area (Å²) in [5, 5.41) is 6.29. The lowest BCUT2D eigenvalue weighted by Gasteiger charge is -2.16. The van der Waals surface area contributed by atoms with Gasteiger partial charge in [0.25, 0.3) is 0 Å². The van der Waals surface area contributed by atoms with Crippen molar-refractivity contribution in [2.24, 2.45) is 5.92 Å². The van der Waals surface area contributed by atoms with Crippen molar-refractivity contribution >= 4 is 11.6 Å². The molecule has 1 aliphatic rings. The summed E-state index contributed by atoms with van der Waals surface area (Å²) < 4.78 is 0. The highest BCUT2D eigenvalue weighted by atomic mass is 16.1. The minimum atomic E-state index is 0.146. The second-order valence-corrected chi connectivity index (χ2v) is 5.83. The first kappa shape index (κ1) is 15.0. The van der Waals surface area contributed by atoms with Crippen LogP contribution in [0, 0.1) is 5.92 Å². The molecule has 0 heterocycles. The van der Waals surface area contributed by atoms with Gasteiger partial charge in [-0.2, -0.15) is 0 Å². The standard InChI is InChI=1S/C17H26N2O/c1-13(18-2)15-9-5-6-10-16(15)19-17(20)12-11-14-7-3-4-8-14/h5-6,9-10,13-14,18H,3-4,7-8,11-12H2,1-2H3,(H,19,20). The number of nitrogens with one attached hydrogen (secondary N) is 2. The van der Waals surface area contributed by atoms with E-state index in [1.807, 2.05) is 25.2 Å². The Hall–Kier alpha value is -1.35. The Labute approximate surface area is 122 Å². The molecule has 1 aromatic carbocycles. The third kappa shape index (κ3) is 4.07. The van der Waals surface area contributed by atoms with Crippen LogP contribution in [-0.4, -0.2) is 13.0 Å². The molecule has 3 nitrogen and oxygen atoms in total. The highest BCUT2D eigenvalue weighted by Crippen LogP contribution is 2.29. The maximum absolute atomic E-state index is 12.1. The summed E-state index contributed by atoms with van der Waals surface area (Å²) in [6.45, 7) is 2.10. The molecule has 0 bridgehead atoms. The predicted octanol–water partition coefficient (Wildman–Crippen LogP) is 3.88. The molecule has 2 rings (SSSR count). The first-order valence-corrected chi connectivity index (χ1v) is 7.76. The summed E-state index contributed by atoms with van der Waals surface area (Å²) in [7, 11) is 1.93. The van der Waals surface area contributed by atoms with E-state index < -0.39 is 0 Å². The normalized spacial score (nSPS) is 17.1. The van der Waals surface area contributed by atoms with Crippen LogP contribution in [0.1, 0.15) is 57.1 Å². The maximum Gasteiger partial charge on any atom is 0.224 e. The van der Waals surface area contributed by atoms with E-state index in [1.54, 1.807) is 0 Å². The lowest BCUT2D eigenvalue weighted by Crippen LogP contribution is -2.18. The molecule has 1 amide bonds. The monoisotopic (exact) mass is 274 g/mol. The summed E-state index contributed by atoms with van der Waals surface area (Å²) in [6, 6.07) is 8.27. The van der Waals surface area contributed by atoms with Crippen LogP contribution in [0.4, 0.5) is 5.69 Å². The number of hydrogen-bond donors (Lipinski definition) is 2. The molecule has 20 heavy (non-hydrogen) atoms. The van der Waals surface area contributed by atoms with E-state index in [4.69, 9.17) is 0 Å². The average molecular weight is 274 g/mol. The van der Waals surface area contributed by atoms with Gasteiger partial charge in [-0.3, -0.25) is 4.79 Å². The van der Waals surface area contributed by atoms with Gasteiger partial charge < -0.3 is 10.6 Å². The molecule has 0 saturated heterocycles. The van der Waals surface area contributed by atoms with Crippen LogP contribution >= 0.6 is 0 Å². The van der Waals surface area contributed by atoms with E-state index in [0.29, 0.717) is 6.42 Å². The van der Waals surface area contributed by atoms with Gasteiger partial charge in [0.1, 0.15) is 0 Å². The van der Waals surface area contributed by atoms with Crippen molar-refractivity contribution in [2.45, 2.75) is 51.5 Å². The molecule has 1 aliphatic carbocycles. The number of hydrogen-bond acceptors (Lipinski definition) is 2. The Morgan fingerprint density at radius 3 is 2.70 bits per heavy atom. The number of carbonyl (C=O) groups excluding carboxylic acids is 1. The zero-order valence-electron chi connectivity index (χ0n) is 12.6. The fraction of sp³-hybridized carbons (Fsp3) is 0.588. The Morgan fingerprint density at radius 2 is 2.00 bits per heavy atom. The molecule has 1 atom stereocenters. The average Bonchev–Trinajstić information content (AvgIpc) is 2.98. The highest BCUT2D eigenvalue weighted by molar-refractivity contribution is 5.91. The third-order valence-corrected chi connectivity index (χ3v) is 4.39. The molecule has 0 aromatic heterocycles. The van der Waals surface area contributed by atoms with Gasteiger partial charge in [-0.1, -0.05) is 43.9 Å². The first-order chi connectivity index (χ1) is 9.70. The van der Waals surface area contributed by atoms with Gasteiger partial charge in [-0.15, -0.1) is 0 Å². The molecule has 3 heteroatoms. The van der Waals surface area contributed by atoms with Crippen LogP contribution in [0.2, 0.25) is 0 Å². The van der Waals surface area contributed by atoms with Gasteiger partial charge >= 0.3 is 0 Å². The molecule has 1 aromatic rings. The summed E-state index contributed by atoms with van der Waals surface area (Å²) in [4.78, 5) is 12.1. The molecule has 0 aliphatic heterocycles. The fourth-order valence-electron chi connectivity index (χ4n) is 2.99. The van der Waals surface area contributed by atoms with Crippen LogP contribution in [0.3, 0.4) is 0 Å². The van der Waals surface area contributed by atoms with Crippen molar-refractivity contribution in [1.29, 1.82) is 0 Å². The highest BCUT2D eigenvalue weighted by Gasteiger charge is 2.17. The number of anilines is 1. The lowest BCUT2D eigenvalue weighted by atomic mass is 10.0. The number of amides is 1. The van der Waals surface area contributed by atoms with E-state index in [9.17, 15) is 4.79 Å². The van der Waals surface area contributed by atoms with Gasteiger partial charge in [0.2, 0.25) is 5.91 Å². The molecular formula is C17H26N2O. The van der Waals surface area contributed by atoms with Crippen molar-refractivity contribution in [3.63, 3.8) is 0 Å². The van der Waals surface area contributed by atoms with E-state index in [2.05, 4.69) is 23.6 Å². The molecule has 0 radical (unpaired) electrons. The molecule has 1 saturated carbocycles. The SMILES string of the molecule is CNC(C)c1ccccc1NC(=O)CCC1CCCC1. The lowest BCUT2D eigenvalue weighted by molar-refractivity contribution is -0.116. The van der Waals surface area contributed by atoms with E-state index >= 15 is 0 Å². The summed E-state index contributed by atoms with van der Waals surface area (Å²) in [6.07, 6.45) is 6.98. The van der Waals surface area contributed by atoms with Crippen molar-refractivity contribution in [3.8, 4) is 0 Å². The number of carbonyl (C=O) groups is 1. The molecule has 2 N–H and O–H groups in total. The Balaban J connectivity index is 1.90. The predicted molar refractivity (Wildman–Crippen MR) is 83.7 cm³/mol. The zero-order chi connectivity index (χ0) is 14.4. The fourth-order valence-corrected chi connectivity index (χ4v) is 2.99. The molecular weight excluding hydrogens is 248 g/mol. The second kappa shape index (κ2) is 7.44. The Morgan fingerprint density at radius 1 is 1.30 bits per heavy atom. The zero-order valence-corrected chi connectivity index (χ0v) is 12.6. The maximum atomic E-state index is 12.1. The van der Waals surface area contributed by atoms with E-state index in [1.165, 1.54) is 25.7 Å². The number of benzene rings is 1. The summed E-state index contributed by atoms with van der Waals surface area (Å²) >= 11 is 0. The largest absolute Gasteiger partial charge is 0.326 e. The van der Waals surface area contributed by atoms with Crippen molar-refractivity contribution < 1.29 is 4.79 Å². The van der Waals surface area contributed by atoms with E-state index in [0.717, 1.165) is 23.6 Å². The van der Waals surface area contributed by atoms with Crippen LogP contribution in [-0.2, 0) is 4.79 Å². The van der Waals surface area contributed by atoms with Crippen molar-refractivity contribution in [1.82, 2.24) is 5.32 Å². The van der Waals surface area contributed by atoms with Crippen molar-refractivity contribution in [2.75, 3.05) is 12.4 Å². The number of para-hydroxylation sites is 1. The van der Waals surface area contributed by atoms with Crippen LogP contribution in [0.15, 0.2) is 24.3 Å². The van der Waals surface area contributed by atoms with Gasteiger partial charge in [-0.05, 0) is 37.9 Å². The van der Waals surface area contributed by atoms with E-state index in [-0.39, 0.29) is 11.9 Å². The minimum Gasteiger partial charge on any atom is -0.326 e. The molecule has 110 valence electrons. The van der Waals surface area contributed by atoms with Gasteiger partial charge in [0, 0.05) is 18.2 Å². The third-order valence-electron chi connectivity index (χ3n) is 4.39. The van der Waals surface area contributed by atoms with Crippen LogP contribution in [0.25, 0.3) is 0 Å². The number of rotatable bonds is 6. The quantitative estimate of drug-likeness (QED) is 0.826. The summed E-state index contributed by atoms with van der Waals surface area (Å²) in [5.74, 6) is 0.917. The Kier molecular flexibility index (Phi) is 5.60. The van der Waals surface area contributed by atoms with Gasteiger partial charge in [0.05, 0.1) is 0 Å². The minimum absolute atomic E-state index is 0.146. The Bertz CT molecular complexity index is 438. The van der Waals surface area contributed by atoms with Crippen molar-refractivity contribution in [3.05, 3.63) is 29.8 Å². The first-order valence-electron chi connectivity index (χ1n) is 7.76. The smallest absolute Gasteiger partial charge is 0.224 e. The van der Waals surface area contributed by atoms with Crippen LogP contribution in [0.5, 0.6) is 0 Å². The van der Waals surface area contributed by atoms with Gasteiger partial charge in [-0.25, -0.2) is 0 Å². The summed E-state index contributed by atoms with van der Waals surface area (Å²) in [5.41, 5.74) is 2.08. The van der Waals surface area contributed by atoms with Crippen LogP contribution < -0.4 is 10.6 Å². The molecule has 1 unspecified atom stereocenters.